The van der Waals surface area contributed by atoms with Crippen LogP contribution in [0.4, 0.5) is 13.2 Å². The van der Waals surface area contributed by atoms with Crippen molar-refractivity contribution < 1.29 is 56.0 Å². The first-order valence-corrected chi connectivity index (χ1v) is 40.3. The van der Waals surface area contributed by atoms with Crippen LogP contribution in [0, 0.1) is 24.4 Å². The Morgan fingerprint density at radius 2 is 0.667 bits per heavy atom. The van der Waals surface area contributed by atoms with Gasteiger partial charge in [0.1, 0.15) is 52.0 Å². The van der Waals surface area contributed by atoms with Crippen molar-refractivity contribution in [3.8, 4) is 50.6 Å². The first-order valence-electron chi connectivity index (χ1n) is 40.3. The minimum absolute atomic E-state index is 0.138. The van der Waals surface area contributed by atoms with Crippen LogP contribution in [0.5, 0.6) is 17.2 Å². The third-order valence-corrected chi connectivity index (χ3v) is 21.6. The lowest BCUT2D eigenvalue weighted by Crippen LogP contribution is -2.28. The Balaban J connectivity index is 0.000000165. The van der Waals surface area contributed by atoms with Crippen molar-refractivity contribution in [3.05, 3.63) is 280 Å². The highest BCUT2D eigenvalue weighted by Crippen LogP contribution is 2.38. The average molecular weight is 1500 g/mol. The molecule has 0 N–H and O–H groups in total. The van der Waals surface area contributed by atoms with Crippen molar-refractivity contribution in [1.82, 2.24) is 0 Å². The molecule has 12 heteroatoms. The van der Waals surface area contributed by atoms with Gasteiger partial charge in [-0.2, -0.15) is 0 Å². The Labute approximate surface area is 656 Å². The molecule has 13 rings (SSSR count). The number of rotatable bonds is 30. The molecule has 0 unspecified atom stereocenters. The third kappa shape index (κ3) is 26.3. The second-order valence-electron chi connectivity index (χ2n) is 31.8. The predicted octanol–water partition coefficient (Wildman–Crippen LogP) is 24.7. The van der Waals surface area contributed by atoms with Gasteiger partial charge in [0.25, 0.3) is 0 Å². The van der Waals surface area contributed by atoms with E-state index in [4.69, 9.17) is 28.4 Å². The summed E-state index contributed by atoms with van der Waals surface area (Å²) in [4.78, 5) is 34.2. The fourth-order valence-corrected chi connectivity index (χ4v) is 15.2. The third-order valence-electron chi connectivity index (χ3n) is 21.6. The SMILES string of the molecule is CC(=O)CCCc1ccc(OC2CCC(OCc3ccc(C(C)(C)C)cc3)CC2)cc1-c1cccc(F)c1.CC(=O)CCCc1ccc(OC2CCC(OCc3ccc(C)cc3)CC2)cc1-c1cccc(F)c1.CC(=O)CCCc1ccc(OC2CCC(OCc3ccc4ccccc4c3)CC2)cc1-c1cccc(F)c1. The van der Waals surface area contributed by atoms with Gasteiger partial charge in [0, 0.05) is 19.3 Å². The molecule has 0 saturated heterocycles. The standard InChI is InChI=1S/C34H35FO3.C34H41FO3.C31H35FO3/c1-24(36)6-4-9-27-14-15-33(22-34(27)29-10-5-11-30(35)21-29)38-32-18-16-31(17-19-32)37-23-25-12-13-26-7-2-3-8-28(26)20-25;1-24(36)7-5-8-26-13-16-32(22-33(26)27-9-6-10-29(35)21-27)38-31-19-17-30(18-20-31)37-23-25-11-14-28(15-12-25)34(2,3)4;1-22-9-11-24(12-10-22)21-34-28-15-17-29(18-16-28)35-30-14-13-25(6-3-5-23(2)33)31(20-30)26-7-4-8-27(32)19-26/h2-3,5,7-8,10-15,20-22,31-32H,4,6,9,16-19,23H2,1H3;6,9-16,21-22,30-31H,5,7-8,17-20,23H2,1-4H3;4,7-14,19-20,28-29H,3,5-6,15-18,21H2,1-2H3. The van der Waals surface area contributed by atoms with Crippen molar-refractivity contribution in [1.29, 1.82) is 0 Å². The predicted molar refractivity (Wildman–Crippen MR) is 441 cm³/mol. The number of fused-ring (bicyclic) bond motifs is 1. The Kier molecular flexibility index (Phi) is 30.6. The number of carbonyl (C=O) groups is 3. The molecule has 0 atom stereocenters. The van der Waals surface area contributed by atoms with Crippen LogP contribution in [0.3, 0.4) is 0 Å². The molecule has 0 aliphatic heterocycles. The molecule has 0 radical (unpaired) electrons. The molecule has 3 aliphatic carbocycles. The van der Waals surface area contributed by atoms with E-state index in [0.717, 1.165) is 183 Å². The molecule has 0 heterocycles. The lowest BCUT2D eigenvalue weighted by molar-refractivity contribution is -0.117. The number of carbonyl (C=O) groups excluding carboxylic acids is 3. The van der Waals surface area contributed by atoms with Gasteiger partial charge in [-0.1, -0.05) is 166 Å². The zero-order valence-electron chi connectivity index (χ0n) is 66.0. The summed E-state index contributed by atoms with van der Waals surface area (Å²) in [6, 6.07) is 70.5. The normalized spacial score (nSPS) is 17.7. The fourth-order valence-electron chi connectivity index (χ4n) is 15.2. The zero-order valence-corrected chi connectivity index (χ0v) is 66.0. The van der Waals surface area contributed by atoms with Gasteiger partial charge in [0.2, 0.25) is 0 Å². The molecule has 582 valence electrons. The molecule has 3 fully saturated rings. The van der Waals surface area contributed by atoms with Crippen LogP contribution < -0.4 is 14.2 Å². The summed E-state index contributed by atoms with van der Waals surface area (Å²) in [7, 11) is 0. The van der Waals surface area contributed by atoms with Crippen molar-refractivity contribution >= 4 is 28.1 Å². The first-order chi connectivity index (χ1) is 53.7. The number of aryl methyl sites for hydroxylation is 4. The van der Waals surface area contributed by atoms with Crippen LogP contribution in [0.2, 0.25) is 0 Å². The first kappa shape index (κ1) is 82.5. The van der Waals surface area contributed by atoms with Crippen molar-refractivity contribution in [3.63, 3.8) is 0 Å². The topological polar surface area (TPSA) is 107 Å². The van der Waals surface area contributed by atoms with Crippen molar-refractivity contribution in [2.24, 2.45) is 0 Å². The quantitative estimate of drug-likeness (QED) is 0.0435. The van der Waals surface area contributed by atoms with E-state index in [-0.39, 0.29) is 76.8 Å². The van der Waals surface area contributed by atoms with E-state index in [2.05, 4.69) is 137 Å². The van der Waals surface area contributed by atoms with E-state index in [9.17, 15) is 27.6 Å². The maximum absolute atomic E-state index is 14.0. The van der Waals surface area contributed by atoms with Gasteiger partial charge >= 0.3 is 0 Å². The number of benzene rings is 10. The summed E-state index contributed by atoms with van der Waals surface area (Å²) in [6.07, 6.45) is 19.0. The number of hydrogen-bond donors (Lipinski definition) is 0. The summed E-state index contributed by atoms with van der Waals surface area (Å²) >= 11 is 0. The molecule has 0 amide bonds. The fraction of sp³-hybridized carbons (Fsp3) is 0.384. The highest BCUT2D eigenvalue weighted by Gasteiger charge is 2.27. The summed E-state index contributed by atoms with van der Waals surface area (Å²) in [5.74, 6) is 2.22. The molecular weight excluding hydrogens is 1390 g/mol. The second kappa shape index (κ2) is 41.2. The van der Waals surface area contributed by atoms with Gasteiger partial charge in [-0.05, 0) is 311 Å². The zero-order chi connectivity index (χ0) is 78.1. The number of hydrogen-bond acceptors (Lipinski definition) is 9. The van der Waals surface area contributed by atoms with E-state index in [1.54, 1.807) is 57.2 Å². The van der Waals surface area contributed by atoms with Crippen LogP contribution in [-0.2, 0) is 73.1 Å². The van der Waals surface area contributed by atoms with Gasteiger partial charge in [0.15, 0.2) is 0 Å². The monoisotopic (exact) mass is 1500 g/mol. The smallest absolute Gasteiger partial charge is 0.129 e. The maximum atomic E-state index is 14.0. The summed E-state index contributed by atoms with van der Waals surface area (Å²) < 4.78 is 79.8. The van der Waals surface area contributed by atoms with Crippen molar-refractivity contribution in [2.45, 2.75) is 245 Å². The molecule has 0 aromatic heterocycles. The minimum Gasteiger partial charge on any atom is -0.490 e. The van der Waals surface area contributed by atoms with E-state index < -0.39 is 0 Å². The van der Waals surface area contributed by atoms with Gasteiger partial charge in [-0.25, -0.2) is 13.2 Å². The van der Waals surface area contributed by atoms with Gasteiger partial charge in [0.05, 0.1) is 56.4 Å². The Bertz CT molecular complexity index is 4630. The summed E-state index contributed by atoms with van der Waals surface area (Å²) in [5, 5.41) is 2.49. The molecule has 10 aromatic rings. The molecule has 9 nitrogen and oxygen atoms in total. The van der Waals surface area contributed by atoms with Gasteiger partial charge in [-0.3, -0.25) is 0 Å². The highest BCUT2D eigenvalue weighted by molar-refractivity contribution is 5.83. The van der Waals surface area contributed by atoms with Crippen LogP contribution in [0.15, 0.2) is 218 Å². The molecule has 3 saturated carbocycles. The number of ketones is 3. The number of halogens is 3. The molecule has 111 heavy (non-hydrogen) atoms. The van der Waals surface area contributed by atoms with Gasteiger partial charge in [-0.15, -0.1) is 0 Å². The average Bonchev–Trinajstić information content (AvgIpc) is 0.833. The van der Waals surface area contributed by atoms with Crippen LogP contribution in [0.1, 0.15) is 202 Å². The van der Waals surface area contributed by atoms with Gasteiger partial charge < -0.3 is 42.8 Å². The Hall–Kier alpha value is -9.46. The largest absolute Gasteiger partial charge is 0.490 e. The molecular formula is C99H111F3O9. The lowest BCUT2D eigenvalue weighted by Gasteiger charge is -2.29. The Morgan fingerprint density at radius 3 is 1.01 bits per heavy atom. The number of ether oxygens (including phenoxy) is 6. The lowest BCUT2D eigenvalue weighted by atomic mass is 9.87. The summed E-state index contributed by atoms with van der Waals surface area (Å²) in [6.45, 7) is 15.6. The van der Waals surface area contributed by atoms with E-state index in [1.165, 1.54) is 56.8 Å². The molecule has 3 aliphatic rings. The van der Waals surface area contributed by atoms with Crippen LogP contribution in [0.25, 0.3) is 44.2 Å². The molecule has 0 spiro atoms. The van der Waals surface area contributed by atoms with E-state index in [0.29, 0.717) is 39.1 Å². The molecule has 10 aromatic carbocycles. The Morgan fingerprint density at radius 1 is 0.342 bits per heavy atom. The minimum atomic E-state index is -0.259. The second-order valence-corrected chi connectivity index (χ2v) is 31.8. The van der Waals surface area contributed by atoms with E-state index in [1.807, 2.05) is 54.6 Å². The maximum Gasteiger partial charge on any atom is 0.129 e. The molecule has 0 bridgehead atoms. The highest BCUT2D eigenvalue weighted by atomic mass is 19.1. The van der Waals surface area contributed by atoms with Crippen molar-refractivity contribution in [2.75, 3.05) is 0 Å². The van der Waals surface area contributed by atoms with Crippen LogP contribution >= 0.6 is 0 Å². The van der Waals surface area contributed by atoms with Crippen LogP contribution in [-0.4, -0.2) is 54.0 Å². The number of Topliss-reactive ketones (excluding diaryl/α,β-unsaturated/α-hetero) is 3. The summed E-state index contributed by atoms with van der Waals surface area (Å²) in [5.41, 5.74) is 15.1. The van der Waals surface area contributed by atoms with E-state index >= 15 is 0 Å².